The number of fused-ring (bicyclic) bond motifs is 3. The highest BCUT2D eigenvalue weighted by Gasteiger charge is 2.39. The van der Waals surface area contributed by atoms with Gasteiger partial charge in [-0.15, -0.1) is 0 Å². The molecule has 4 rings (SSSR count). The van der Waals surface area contributed by atoms with Crippen molar-refractivity contribution in [3.05, 3.63) is 54.1 Å². The number of benzene rings is 2. The van der Waals surface area contributed by atoms with Gasteiger partial charge in [-0.25, -0.2) is 0 Å². The number of carbonyl (C=O) groups excluding carboxylic acids is 2. The van der Waals surface area contributed by atoms with Crippen molar-refractivity contribution in [1.29, 1.82) is 0 Å². The van der Waals surface area contributed by atoms with Gasteiger partial charge in [0.25, 0.3) is 5.91 Å². The summed E-state index contributed by atoms with van der Waals surface area (Å²) in [5.41, 5.74) is 3.65. The average molecular weight is 506 g/mol. The van der Waals surface area contributed by atoms with Gasteiger partial charge in [0.05, 0.1) is 17.7 Å². The van der Waals surface area contributed by atoms with Crippen LogP contribution in [0, 0.1) is 11.8 Å². The number of hydrogen-bond acceptors (Lipinski definition) is 4. The molecule has 2 N–H and O–H groups in total. The van der Waals surface area contributed by atoms with Gasteiger partial charge < -0.3 is 20.2 Å². The Bertz CT molecular complexity index is 1060. The van der Waals surface area contributed by atoms with E-state index in [1.54, 1.807) is 0 Å². The smallest absolute Gasteiger partial charge is 0.254 e. The van der Waals surface area contributed by atoms with Crippen molar-refractivity contribution in [2.45, 2.75) is 71.4 Å². The van der Waals surface area contributed by atoms with Gasteiger partial charge in [0, 0.05) is 18.7 Å². The zero-order valence-corrected chi connectivity index (χ0v) is 22.7. The van der Waals surface area contributed by atoms with Gasteiger partial charge >= 0.3 is 0 Å². The van der Waals surface area contributed by atoms with Gasteiger partial charge in [0.2, 0.25) is 5.91 Å². The van der Waals surface area contributed by atoms with Gasteiger partial charge in [-0.1, -0.05) is 88.9 Å². The third kappa shape index (κ3) is 6.42. The Morgan fingerprint density at radius 1 is 1.05 bits per heavy atom. The Kier molecular flexibility index (Phi) is 9.38. The summed E-state index contributed by atoms with van der Waals surface area (Å²) in [6.45, 7) is 9.48. The molecule has 0 spiro atoms. The predicted octanol–water partition coefficient (Wildman–Crippen LogP) is 5.17. The number of rotatable bonds is 13. The van der Waals surface area contributed by atoms with E-state index >= 15 is 0 Å². The summed E-state index contributed by atoms with van der Waals surface area (Å²) < 4.78 is 0. The lowest BCUT2D eigenvalue weighted by atomic mass is 9.90. The minimum absolute atomic E-state index is 0.119. The largest absolute Gasteiger partial charge is 0.392 e. The number of aliphatic hydroxyl groups is 1. The molecule has 0 bridgehead atoms. The first kappa shape index (κ1) is 27.3. The molecule has 2 amide bonds. The predicted molar refractivity (Wildman–Crippen MR) is 149 cm³/mol. The molecule has 6 heteroatoms. The molecule has 0 saturated heterocycles. The minimum atomic E-state index is -0.798. The monoisotopic (exact) mass is 505 g/mol. The number of carbonyl (C=O) groups is 2. The quantitative estimate of drug-likeness (QED) is 0.394. The molecule has 37 heavy (non-hydrogen) atoms. The Morgan fingerprint density at radius 2 is 1.73 bits per heavy atom. The molecular weight excluding hydrogens is 462 g/mol. The molecule has 1 heterocycles. The number of likely N-dealkylation sites (N-methyl/N-ethyl adjacent to an activating group) is 1. The van der Waals surface area contributed by atoms with Crippen LogP contribution in [-0.4, -0.2) is 54.1 Å². The van der Waals surface area contributed by atoms with Crippen molar-refractivity contribution in [3.63, 3.8) is 0 Å². The van der Waals surface area contributed by atoms with E-state index in [9.17, 15) is 14.7 Å². The number of unbranched alkanes of at least 4 members (excludes halogenated alkanes) is 1. The van der Waals surface area contributed by atoms with Crippen LogP contribution in [0.15, 0.2) is 48.5 Å². The van der Waals surface area contributed by atoms with Gasteiger partial charge in [0.15, 0.2) is 0 Å². The van der Waals surface area contributed by atoms with Gasteiger partial charge in [-0.2, -0.15) is 0 Å². The van der Waals surface area contributed by atoms with Crippen molar-refractivity contribution in [3.8, 4) is 11.1 Å². The van der Waals surface area contributed by atoms with Crippen LogP contribution in [0.1, 0.15) is 70.9 Å². The van der Waals surface area contributed by atoms with Crippen molar-refractivity contribution in [1.82, 2.24) is 10.2 Å². The molecule has 2 aliphatic rings. The second kappa shape index (κ2) is 12.7. The summed E-state index contributed by atoms with van der Waals surface area (Å²) in [7, 11) is 0. The Balaban J connectivity index is 1.67. The van der Waals surface area contributed by atoms with Crippen LogP contribution in [0.4, 0.5) is 5.69 Å². The summed E-state index contributed by atoms with van der Waals surface area (Å²) in [6.07, 6.45) is 4.70. The van der Waals surface area contributed by atoms with E-state index in [4.69, 9.17) is 0 Å². The topological polar surface area (TPSA) is 72.9 Å². The van der Waals surface area contributed by atoms with Crippen LogP contribution in [0.25, 0.3) is 11.1 Å². The molecule has 3 atom stereocenters. The summed E-state index contributed by atoms with van der Waals surface area (Å²) in [4.78, 5) is 32.1. The fourth-order valence-electron chi connectivity index (χ4n) is 5.51. The first-order valence-electron chi connectivity index (χ1n) is 14.2. The van der Waals surface area contributed by atoms with E-state index in [0.717, 1.165) is 67.7 Å². The van der Waals surface area contributed by atoms with Crippen LogP contribution in [-0.2, 0) is 9.59 Å². The first-order valence-corrected chi connectivity index (χ1v) is 14.2. The highest BCUT2D eigenvalue weighted by atomic mass is 16.3. The van der Waals surface area contributed by atoms with Gasteiger partial charge in [0.1, 0.15) is 6.04 Å². The van der Waals surface area contributed by atoms with E-state index in [0.29, 0.717) is 25.3 Å². The van der Waals surface area contributed by atoms with E-state index in [1.807, 2.05) is 47.4 Å². The fraction of sp³-hybridized carbons (Fsp3) is 0.548. The summed E-state index contributed by atoms with van der Waals surface area (Å²) in [6, 6.07) is 15.1. The van der Waals surface area contributed by atoms with Crippen molar-refractivity contribution < 1.29 is 14.7 Å². The molecule has 6 nitrogen and oxygen atoms in total. The minimum Gasteiger partial charge on any atom is -0.392 e. The van der Waals surface area contributed by atoms with E-state index < -0.39 is 18.1 Å². The number of amides is 2. The summed E-state index contributed by atoms with van der Waals surface area (Å²) in [5, 5.41) is 14.1. The number of nitrogens with one attached hydrogen (secondary N) is 1. The van der Waals surface area contributed by atoms with E-state index in [1.165, 1.54) is 0 Å². The second-order valence-electron chi connectivity index (χ2n) is 10.6. The van der Waals surface area contributed by atoms with E-state index in [-0.39, 0.29) is 11.8 Å². The third-order valence-electron chi connectivity index (χ3n) is 8.03. The van der Waals surface area contributed by atoms with Crippen LogP contribution in [0.2, 0.25) is 0 Å². The maximum atomic E-state index is 14.2. The highest BCUT2D eigenvalue weighted by Crippen LogP contribution is 2.41. The molecule has 1 saturated carbocycles. The zero-order valence-electron chi connectivity index (χ0n) is 22.7. The Morgan fingerprint density at radius 3 is 2.41 bits per heavy atom. The molecule has 0 radical (unpaired) electrons. The molecule has 2 aromatic rings. The number of anilines is 1. The Labute approximate surface area is 222 Å². The van der Waals surface area contributed by atoms with Gasteiger partial charge in [-0.05, 0) is 49.0 Å². The normalized spacial score (nSPS) is 18.7. The molecule has 1 aliphatic heterocycles. The number of para-hydroxylation sites is 1. The lowest BCUT2D eigenvalue weighted by Gasteiger charge is -2.30. The average Bonchev–Trinajstić information content (AvgIpc) is 3.76. The van der Waals surface area contributed by atoms with Crippen LogP contribution >= 0.6 is 0 Å². The summed E-state index contributed by atoms with van der Waals surface area (Å²) in [5.74, 6) is -0.322. The first-order chi connectivity index (χ1) is 18.0. The lowest BCUT2D eigenvalue weighted by Crippen LogP contribution is -2.47. The Hall–Kier alpha value is -2.70. The highest BCUT2D eigenvalue weighted by molar-refractivity contribution is 6.06. The SMILES string of the molecule is CCCC[C@H](O)[C@@H](CC1CC1)C(=O)N[C@H]1C(=O)N(CCN(CC)CC)c2ccccc2-c2ccccc21. The molecule has 200 valence electrons. The summed E-state index contributed by atoms with van der Waals surface area (Å²) >= 11 is 0. The van der Waals surface area contributed by atoms with Gasteiger partial charge in [-0.3, -0.25) is 9.59 Å². The van der Waals surface area contributed by atoms with Crippen molar-refractivity contribution in [2.24, 2.45) is 11.8 Å². The molecule has 1 fully saturated rings. The molecule has 0 unspecified atom stereocenters. The molecule has 0 aromatic heterocycles. The molecule has 2 aromatic carbocycles. The molecular formula is C31H43N3O3. The van der Waals surface area contributed by atoms with Crippen LogP contribution < -0.4 is 10.2 Å². The standard InChI is InChI=1S/C31H43N3O3/c1-4-7-16-28(35)26(21-22-17-18-22)30(36)32-29-25-14-9-8-12-23(25)24-13-10-11-15-27(24)34(31(29)37)20-19-33(5-2)6-3/h8-15,22,26,28-29,35H,4-7,16-21H2,1-3H3,(H,32,36)/t26-,28+,29-/m1/s1. The number of aliphatic hydroxyl groups excluding tert-OH is 1. The molecule has 1 aliphatic carbocycles. The van der Waals surface area contributed by atoms with Crippen molar-refractivity contribution >= 4 is 17.5 Å². The second-order valence-corrected chi connectivity index (χ2v) is 10.6. The van der Waals surface area contributed by atoms with E-state index in [2.05, 4.69) is 37.1 Å². The maximum absolute atomic E-state index is 14.2. The number of nitrogens with zero attached hydrogens (tertiary/aromatic N) is 2. The van der Waals surface area contributed by atoms with Crippen LogP contribution in [0.5, 0.6) is 0 Å². The fourth-order valence-corrected chi connectivity index (χ4v) is 5.51. The van der Waals surface area contributed by atoms with Crippen LogP contribution in [0.3, 0.4) is 0 Å². The number of hydrogen-bond donors (Lipinski definition) is 2. The zero-order chi connectivity index (χ0) is 26.4. The lowest BCUT2D eigenvalue weighted by molar-refractivity contribution is -0.133. The third-order valence-corrected chi connectivity index (χ3v) is 8.03. The maximum Gasteiger partial charge on any atom is 0.254 e. The van der Waals surface area contributed by atoms with Crippen molar-refractivity contribution in [2.75, 3.05) is 31.1 Å².